The van der Waals surface area contributed by atoms with Crippen LogP contribution in [0.15, 0.2) is 29.5 Å². The van der Waals surface area contributed by atoms with Crippen LogP contribution in [0.2, 0.25) is 0 Å². The number of anilines is 2. The number of nitrogens with two attached hydrogens (primary N) is 1. The van der Waals surface area contributed by atoms with Crippen molar-refractivity contribution in [3.8, 4) is 0 Å². The summed E-state index contributed by atoms with van der Waals surface area (Å²) in [5, 5.41) is 20.1. The van der Waals surface area contributed by atoms with E-state index in [0.29, 0.717) is 23.0 Å². The molecule has 2 aromatic rings. The summed E-state index contributed by atoms with van der Waals surface area (Å²) in [5.41, 5.74) is 4.87. The molecule has 0 spiro atoms. The van der Waals surface area contributed by atoms with Crippen molar-refractivity contribution in [1.82, 2.24) is 9.97 Å². The Morgan fingerprint density at radius 1 is 1.15 bits per heavy atom. The van der Waals surface area contributed by atoms with E-state index in [1.165, 1.54) is 20.3 Å². The molecule has 1 fully saturated rings. The van der Waals surface area contributed by atoms with Crippen molar-refractivity contribution in [2.75, 3.05) is 18.2 Å². The summed E-state index contributed by atoms with van der Waals surface area (Å²) in [4.78, 5) is 24.0. The minimum Gasteiger partial charge on any atom is -0.400 e. The topological polar surface area (TPSA) is 134 Å². The maximum atomic E-state index is 12.7. The average molecular weight is 482 g/mol. The maximum Gasteiger partial charge on any atom is 0.434 e. The number of aromatic nitrogens is 2. The zero-order chi connectivity index (χ0) is 25.5. The van der Waals surface area contributed by atoms with E-state index in [0.717, 1.165) is 39.0 Å². The number of carbonyl (C=O) groups is 1. The number of rotatable bonds is 5. The Balaban J connectivity index is 0.00000199. The van der Waals surface area contributed by atoms with Gasteiger partial charge in [0.05, 0.1) is 18.0 Å². The molecular formula is C23H30F3N5O3. The number of nitrogens with one attached hydrogen (secondary N) is 1. The summed E-state index contributed by atoms with van der Waals surface area (Å²) in [6.07, 6.45) is 3.74. The first-order valence-electron chi connectivity index (χ1n) is 10.8. The monoisotopic (exact) mass is 481 g/mol. The van der Waals surface area contributed by atoms with Crippen LogP contribution in [0, 0.1) is 0 Å². The third-order valence-corrected chi connectivity index (χ3v) is 5.30. The highest BCUT2D eigenvalue weighted by Crippen LogP contribution is 2.32. The van der Waals surface area contributed by atoms with Crippen LogP contribution in [0.3, 0.4) is 0 Å². The fourth-order valence-electron chi connectivity index (χ4n) is 3.55. The van der Waals surface area contributed by atoms with Crippen LogP contribution in [0.1, 0.15) is 73.3 Å². The fourth-order valence-corrected chi connectivity index (χ4v) is 3.55. The molecule has 11 heteroatoms. The Morgan fingerprint density at radius 3 is 2.32 bits per heavy atom. The van der Waals surface area contributed by atoms with Crippen LogP contribution in [0.25, 0.3) is 0 Å². The summed E-state index contributed by atoms with van der Waals surface area (Å²) in [7, 11) is 1.00. The molecule has 5 N–H and O–H groups in total. The van der Waals surface area contributed by atoms with Crippen LogP contribution in [-0.4, -0.2) is 45.5 Å². The van der Waals surface area contributed by atoms with E-state index in [9.17, 15) is 23.1 Å². The van der Waals surface area contributed by atoms with Gasteiger partial charge in [-0.2, -0.15) is 13.2 Å². The summed E-state index contributed by atoms with van der Waals surface area (Å²) in [6, 6.07) is 3.36. The van der Waals surface area contributed by atoms with E-state index in [1.54, 1.807) is 18.3 Å². The van der Waals surface area contributed by atoms with Gasteiger partial charge in [-0.25, -0.2) is 9.97 Å². The first-order chi connectivity index (χ1) is 15.9. The van der Waals surface area contributed by atoms with Crippen molar-refractivity contribution in [2.45, 2.75) is 63.8 Å². The van der Waals surface area contributed by atoms with Gasteiger partial charge < -0.3 is 21.3 Å². The lowest BCUT2D eigenvalue weighted by atomic mass is 9.93. The van der Waals surface area contributed by atoms with Gasteiger partial charge in [0, 0.05) is 41.9 Å². The van der Waals surface area contributed by atoms with Crippen LogP contribution in [-0.2, 0) is 11.8 Å². The van der Waals surface area contributed by atoms with E-state index in [-0.39, 0.29) is 17.4 Å². The van der Waals surface area contributed by atoms with Gasteiger partial charge in [0.15, 0.2) is 5.69 Å². The predicted molar refractivity (Wildman–Crippen MR) is 124 cm³/mol. The van der Waals surface area contributed by atoms with Gasteiger partial charge in [-0.3, -0.25) is 9.79 Å². The summed E-state index contributed by atoms with van der Waals surface area (Å²) < 4.78 is 38.1. The molecule has 0 radical (unpaired) electrons. The van der Waals surface area contributed by atoms with E-state index in [4.69, 9.17) is 10.8 Å². The van der Waals surface area contributed by atoms with Crippen molar-refractivity contribution >= 4 is 23.5 Å². The second kappa shape index (κ2) is 11.4. The van der Waals surface area contributed by atoms with Crippen LogP contribution in [0.4, 0.5) is 24.5 Å². The molecule has 186 valence electrons. The smallest absolute Gasteiger partial charge is 0.400 e. The van der Waals surface area contributed by atoms with Gasteiger partial charge in [-0.15, -0.1) is 0 Å². The minimum absolute atomic E-state index is 0.220. The molecule has 3 rings (SSSR count). The Hall–Kier alpha value is -3.05. The lowest BCUT2D eigenvalue weighted by Gasteiger charge is -2.23. The van der Waals surface area contributed by atoms with Gasteiger partial charge in [0.1, 0.15) is 5.69 Å². The van der Waals surface area contributed by atoms with Gasteiger partial charge in [0.25, 0.3) is 5.91 Å². The average Bonchev–Trinajstić information content (AvgIpc) is 2.80. The third-order valence-electron chi connectivity index (χ3n) is 5.30. The van der Waals surface area contributed by atoms with Crippen LogP contribution in [0.5, 0.6) is 0 Å². The number of aliphatic imine (C=N–C) groups is 1. The third kappa shape index (κ3) is 7.22. The zero-order valence-electron chi connectivity index (χ0n) is 19.4. The molecule has 1 amide bonds. The number of amides is 1. The van der Waals surface area contributed by atoms with Crippen molar-refractivity contribution in [3.05, 3.63) is 47.0 Å². The number of alkyl halides is 3. The molecule has 8 nitrogen and oxygen atoms in total. The molecule has 0 atom stereocenters. The zero-order valence-corrected chi connectivity index (χ0v) is 19.4. The summed E-state index contributed by atoms with van der Waals surface area (Å²) in [5.74, 6) is -0.767. The molecule has 1 aromatic heterocycles. The molecule has 1 saturated carbocycles. The van der Waals surface area contributed by atoms with Gasteiger partial charge in [-0.1, -0.05) is 19.3 Å². The molecule has 1 aliphatic carbocycles. The number of aliphatic hydroxyl groups is 2. The standard InChI is InChI=1S/C22H26F3N5O2.CH4O/c1-21(2,32)15-9-16(26)13(10-27-14-6-4-3-5-7-14)8-17(15)30-20(31)18-11-29-19(12-28-18)22(23,24)25;1-2/h8-12,14,32H,3-7,26H2,1-2H3,(H,30,31);2H,1H3. The molecule has 34 heavy (non-hydrogen) atoms. The van der Waals surface area contributed by atoms with Crippen LogP contribution < -0.4 is 11.1 Å². The first kappa shape index (κ1) is 27.2. The molecule has 1 heterocycles. The summed E-state index contributed by atoms with van der Waals surface area (Å²) in [6.45, 7) is 3.07. The number of hydrogen-bond donors (Lipinski definition) is 4. The largest absolute Gasteiger partial charge is 0.434 e. The van der Waals surface area contributed by atoms with E-state index in [2.05, 4.69) is 20.3 Å². The first-order valence-corrected chi connectivity index (χ1v) is 10.8. The van der Waals surface area contributed by atoms with Gasteiger partial charge in [-0.05, 0) is 38.8 Å². The quantitative estimate of drug-likeness (QED) is 0.378. The highest BCUT2D eigenvalue weighted by atomic mass is 19.4. The fraction of sp³-hybridized carbons (Fsp3) is 0.478. The molecule has 0 saturated heterocycles. The molecule has 0 unspecified atom stereocenters. The number of nitrogens with zero attached hydrogens (tertiary/aromatic N) is 3. The summed E-state index contributed by atoms with van der Waals surface area (Å²) >= 11 is 0. The van der Waals surface area contributed by atoms with E-state index < -0.39 is 23.4 Å². The molecule has 1 aliphatic rings. The maximum absolute atomic E-state index is 12.7. The number of nitrogen functional groups attached to an aromatic ring is 1. The van der Waals surface area contributed by atoms with Crippen molar-refractivity contribution in [3.63, 3.8) is 0 Å². The van der Waals surface area contributed by atoms with Crippen molar-refractivity contribution in [1.29, 1.82) is 0 Å². The second-order valence-electron chi connectivity index (χ2n) is 8.39. The Labute approximate surface area is 196 Å². The molecular weight excluding hydrogens is 451 g/mol. The lowest BCUT2D eigenvalue weighted by molar-refractivity contribution is -0.141. The Bertz CT molecular complexity index is 997. The van der Waals surface area contributed by atoms with E-state index in [1.807, 2.05) is 0 Å². The predicted octanol–water partition coefficient (Wildman–Crippen LogP) is 3.92. The number of benzene rings is 1. The number of halogens is 3. The molecule has 0 bridgehead atoms. The van der Waals surface area contributed by atoms with Gasteiger partial charge in [0.2, 0.25) is 0 Å². The van der Waals surface area contributed by atoms with E-state index >= 15 is 0 Å². The SMILES string of the molecule is CC(C)(O)c1cc(N)c(C=NC2CCCCC2)cc1NC(=O)c1cnc(C(F)(F)F)cn1.CO. The highest BCUT2D eigenvalue weighted by Gasteiger charge is 2.33. The van der Waals surface area contributed by atoms with Crippen LogP contribution >= 0.6 is 0 Å². The number of aliphatic hydroxyl groups excluding tert-OH is 1. The second-order valence-corrected chi connectivity index (χ2v) is 8.39. The highest BCUT2D eigenvalue weighted by molar-refractivity contribution is 6.04. The minimum atomic E-state index is -4.65. The van der Waals surface area contributed by atoms with Crippen molar-refractivity contribution in [2.24, 2.45) is 4.99 Å². The normalized spacial score (nSPS) is 15.1. The lowest BCUT2D eigenvalue weighted by Crippen LogP contribution is -2.22. The van der Waals surface area contributed by atoms with Crippen molar-refractivity contribution < 1.29 is 28.2 Å². The number of hydrogen-bond acceptors (Lipinski definition) is 7. The Morgan fingerprint density at radius 2 is 1.79 bits per heavy atom. The number of carbonyl (C=O) groups excluding carboxylic acids is 1. The molecule has 1 aromatic carbocycles. The Kier molecular flexibility index (Phi) is 9.11. The molecule has 0 aliphatic heterocycles. The van der Waals surface area contributed by atoms with Gasteiger partial charge >= 0.3 is 6.18 Å².